The molecule has 1 fully saturated rings. The van der Waals surface area contributed by atoms with Gasteiger partial charge in [-0.1, -0.05) is 18.2 Å². The molecule has 0 aliphatic carbocycles. The lowest BCUT2D eigenvalue weighted by molar-refractivity contribution is -0.121. The van der Waals surface area contributed by atoms with Crippen LogP contribution in [0.2, 0.25) is 0 Å². The molecular formula is C11H10N2O2S. The number of para-hydroxylation sites is 1. The Kier molecular flexibility index (Phi) is 2.62. The third-order valence-electron chi connectivity index (χ3n) is 2.32. The second kappa shape index (κ2) is 3.94. The van der Waals surface area contributed by atoms with Gasteiger partial charge in [0.25, 0.3) is 5.91 Å². The summed E-state index contributed by atoms with van der Waals surface area (Å²) < 4.78 is 0. The average molecular weight is 234 g/mol. The van der Waals surface area contributed by atoms with Gasteiger partial charge in [0.2, 0.25) is 0 Å². The molecule has 16 heavy (non-hydrogen) atoms. The molecule has 0 bridgehead atoms. The molecule has 0 unspecified atom stereocenters. The Labute approximate surface area is 98.2 Å². The Morgan fingerprint density at radius 3 is 2.69 bits per heavy atom. The Bertz CT molecular complexity index is 497. The number of phenolic OH excluding ortho intramolecular Hbond substituents is 1. The number of benzene rings is 1. The quantitative estimate of drug-likeness (QED) is 0.564. The maximum atomic E-state index is 11.7. The molecule has 1 aromatic carbocycles. The van der Waals surface area contributed by atoms with Crippen LogP contribution < -0.4 is 5.32 Å². The van der Waals surface area contributed by atoms with Crippen molar-refractivity contribution < 1.29 is 9.90 Å². The van der Waals surface area contributed by atoms with Crippen LogP contribution in [0.15, 0.2) is 30.0 Å². The molecule has 1 amide bonds. The number of phenols is 1. The maximum absolute atomic E-state index is 11.7. The summed E-state index contributed by atoms with van der Waals surface area (Å²) in [5.74, 6) is -0.0710. The summed E-state index contributed by atoms with van der Waals surface area (Å²) in [6.45, 7) is 0. The van der Waals surface area contributed by atoms with Gasteiger partial charge in [0.15, 0.2) is 5.11 Å². The normalized spacial score (nSPS) is 18.1. The van der Waals surface area contributed by atoms with E-state index >= 15 is 0 Å². The van der Waals surface area contributed by atoms with Crippen molar-refractivity contribution in [2.24, 2.45) is 0 Å². The van der Waals surface area contributed by atoms with E-state index in [0.717, 1.165) is 0 Å². The second-order valence-corrected chi connectivity index (χ2v) is 3.80. The van der Waals surface area contributed by atoms with E-state index in [1.165, 1.54) is 4.90 Å². The Morgan fingerprint density at radius 2 is 2.12 bits per heavy atom. The number of amides is 1. The molecule has 1 aliphatic rings. The van der Waals surface area contributed by atoms with Gasteiger partial charge in [-0.2, -0.15) is 0 Å². The van der Waals surface area contributed by atoms with Crippen LogP contribution in [0, 0.1) is 0 Å². The highest BCUT2D eigenvalue weighted by Gasteiger charge is 2.27. The molecule has 0 saturated carbocycles. The molecule has 82 valence electrons. The van der Waals surface area contributed by atoms with E-state index in [0.29, 0.717) is 16.4 Å². The lowest BCUT2D eigenvalue weighted by Crippen LogP contribution is -2.25. The second-order valence-electron chi connectivity index (χ2n) is 3.41. The SMILES string of the molecule is CN1C(=O)/C(=C/c2ccccc2O)NC1=S. The molecule has 2 N–H and O–H groups in total. The molecule has 1 aromatic rings. The Morgan fingerprint density at radius 1 is 1.44 bits per heavy atom. The van der Waals surface area contributed by atoms with Crippen LogP contribution in [0.3, 0.4) is 0 Å². The van der Waals surface area contributed by atoms with Crippen molar-refractivity contribution in [3.63, 3.8) is 0 Å². The standard InChI is InChI=1S/C11H10N2O2S/c1-13-10(15)8(12-11(13)16)6-7-4-2-3-5-9(7)14/h2-6,14H,1H3,(H,12,16)/b8-6-. The van der Waals surface area contributed by atoms with E-state index in [4.69, 9.17) is 12.2 Å². The predicted octanol–water partition coefficient (Wildman–Crippen LogP) is 1.08. The van der Waals surface area contributed by atoms with Gasteiger partial charge in [-0.3, -0.25) is 9.69 Å². The zero-order chi connectivity index (χ0) is 11.7. The first-order valence-corrected chi connectivity index (χ1v) is 5.09. The fourth-order valence-electron chi connectivity index (χ4n) is 1.39. The highest BCUT2D eigenvalue weighted by atomic mass is 32.1. The number of hydrogen-bond acceptors (Lipinski definition) is 3. The summed E-state index contributed by atoms with van der Waals surface area (Å²) in [4.78, 5) is 13.0. The maximum Gasteiger partial charge on any atom is 0.276 e. The summed E-state index contributed by atoms with van der Waals surface area (Å²) in [6, 6.07) is 6.79. The lowest BCUT2D eigenvalue weighted by Gasteiger charge is -2.02. The van der Waals surface area contributed by atoms with E-state index in [2.05, 4.69) is 5.32 Å². The number of carbonyl (C=O) groups excluding carboxylic acids is 1. The number of nitrogens with one attached hydrogen (secondary N) is 1. The number of nitrogens with zero attached hydrogens (tertiary/aromatic N) is 1. The van der Waals surface area contributed by atoms with Crippen molar-refractivity contribution in [3.8, 4) is 5.75 Å². The highest BCUT2D eigenvalue weighted by molar-refractivity contribution is 7.80. The van der Waals surface area contributed by atoms with Crippen LogP contribution in [0.1, 0.15) is 5.56 Å². The number of thiocarbonyl (C=S) groups is 1. The van der Waals surface area contributed by atoms with Crippen molar-refractivity contribution in [3.05, 3.63) is 35.5 Å². The van der Waals surface area contributed by atoms with Crippen molar-refractivity contribution in [1.29, 1.82) is 0 Å². The molecule has 0 aromatic heterocycles. The molecule has 0 spiro atoms. The van der Waals surface area contributed by atoms with Gasteiger partial charge in [-0.15, -0.1) is 0 Å². The minimum Gasteiger partial charge on any atom is -0.507 e. The summed E-state index contributed by atoms with van der Waals surface area (Å²) in [6.07, 6.45) is 1.58. The Hall–Kier alpha value is -1.88. The van der Waals surface area contributed by atoms with Crippen molar-refractivity contribution >= 4 is 29.3 Å². The molecule has 1 heterocycles. The van der Waals surface area contributed by atoms with Gasteiger partial charge in [-0.25, -0.2) is 0 Å². The van der Waals surface area contributed by atoms with Crippen LogP contribution in [0.25, 0.3) is 6.08 Å². The van der Waals surface area contributed by atoms with Crippen LogP contribution in [-0.4, -0.2) is 28.1 Å². The summed E-state index contributed by atoms with van der Waals surface area (Å²) in [7, 11) is 1.60. The first kappa shape index (κ1) is 10.6. The molecule has 1 saturated heterocycles. The van der Waals surface area contributed by atoms with Gasteiger partial charge < -0.3 is 10.4 Å². The fraction of sp³-hybridized carbons (Fsp3) is 0.0909. The smallest absolute Gasteiger partial charge is 0.276 e. The number of carbonyl (C=O) groups is 1. The number of aromatic hydroxyl groups is 1. The molecule has 5 heteroatoms. The van der Waals surface area contributed by atoms with E-state index in [1.807, 2.05) is 0 Å². The molecular weight excluding hydrogens is 224 g/mol. The van der Waals surface area contributed by atoms with Crippen LogP contribution in [0.4, 0.5) is 0 Å². The van der Waals surface area contributed by atoms with Gasteiger partial charge in [0.1, 0.15) is 11.4 Å². The monoisotopic (exact) mass is 234 g/mol. The molecule has 4 nitrogen and oxygen atoms in total. The first-order chi connectivity index (χ1) is 7.59. The van der Waals surface area contributed by atoms with Crippen molar-refractivity contribution in [1.82, 2.24) is 10.2 Å². The molecule has 0 radical (unpaired) electrons. The zero-order valence-electron chi connectivity index (χ0n) is 8.60. The average Bonchev–Trinajstić information content (AvgIpc) is 2.50. The van der Waals surface area contributed by atoms with E-state index < -0.39 is 0 Å². The molecule has 0 atom stereocenters. The van der Waals surface area contributed by atoms with Gasteiger partial charge >= 0.3 is 0 Å². The van der Waals surface area contributed by atoms with E-state index in [1.54, 1.807) is 37.4 Å². The topological polar surface area (TPSA) is 52.6 Å². The summed E-state index contributed by atoms with van der Waals surface area (Å²) >= 11 is 4.94. The van der Waals surface area contributed by atoms with E-state index in [9.17, 15) is 9.90 Å². The minimum absolute atomic E-state index is 0.130. The van der Waals surface area contributed by atoms with Crippen molar-refractivity contribution in [2.45, 2.75) is 0 Å². The Balaban J connectivity index is 2.37. The van der Waals surface area contributed by atoms with Gasteiger partial charge in [-0.05, 0) is 24.4 Å². The predicted molar refractivity (Wildman–Crippen MR) is 64.6 cm³/mol. The third-order valence-corrected chi connectivity index (χ3v) is 2.69. The van der Waals surface area contributed by atoms with Gasteiger partial charge in [0, 0.05) is 12.6 Å². The number of likely N-dealkylation sites (N-methyl/N-ethyl adjacent to an activating group) is 1. The van der Waals surface area contributed by atoms with E-state index in [-0.39, 0.29) is 11.7 Å². The molecule has 2 rings (SSSR count). The number of rotatable bonds is 1. The molecule has 1 aliphatic heterocycles. The third kappa shape index (κ3) is 1.77. The largest absolute Gasteiger partial charge is 0.507 e. The lowest BCUT2D eigenvalue weighted by atomic mass is 10.1. The summed E-state index contributed by atoms with van der Waals surface area (Å²) in [5, 5.41) is 12.7. The van der Waals surface area contributed by atoms with Crippen molar-refractivity contribution in [2.75, 3.05) is 7.05 Å². The minimum atomic E-state index is -0.201. The highest BCUT2D eigenvalue weighted by Crippen LogP contribution is 2.20. The number of hydrogen-bond donors (Lipinski definition) is 2. The van der Waals surface area contributed by atoms with Gasteiger partial charge in [0.05, 0.1) is 0 Å². The fourth-order valence-corrected chi connectivity index (χ4v) is 1.58. The zero-order valence-corrected chi connectivity index (χ0v) is 9.41. The first-order valence-electron chi connectivity index (χ1n) is 4.68. The summed E-state index contributed by atoms with van der Waals surface area (Å²) in [5.41, 5.74) is 0.949. The van der Waals surface area contributed by atoms with Crippen LogP contribution in [-0.2, 0) is 4.79 Å². The van der Waals surface area contributed by atoms with Crippen LogP contribution in [0.5, 0.6) is 5.75 Å². The van der Waals surface area contributed by atoms with Crippen LogP contribution >= 0.6 is 12.2 Å².